The van der Waals surface area contributed by atoms with E-state index in [4.69, 9.17) is 5.73 Å². The monoisotopic (exact) mass is 295 g/mol. The molecule has 16 heavy (non-hydrogen) atoms. The van der Waals surface area contributed by atoms with Gasteiger partial charge in [-0.25, -0.2) is 4.98 Å². The molecule has 0 saturated carbocycles. The van der Waals surface area contributed by atoms with Crippen molar-refractivity contribution in [2.75, 3.05) is 5.73 Å². The number of nitrogens with zero attached hydrogens (tertiary/aromatic N) is 4. The standard InChI is InChI=1S/C9H6BrN5S/c10-7-13-8(11)14-15(7)9-12-5-3-1-2-4-6(5)16-9/h1-4H,(H2,11,14). The second-order valence-corrected chi connectivity index (χ2v) is 4.83. The maximum atomic E-state index is 5.51. The maximum absolute atomic E-state index is 5.51. The molecule has 2 heterocycles. The van der Waals surface area contributed by atoms with Crippen molar-refractivity contribution in [2.24, 2.45) is 0 Å². The molecule has 0 aliphatic carbocycles. The number of nitrogens with two attached hydrogens (primary N) is 1. The summed E-state index contributed by atoms with van der Waals surface area (Å²) in [4.78, 5) is 8.42. The van der Waals surface area contributed by atoms with Crippen molar-refractivity contribution in [1.29, 1.82) is 0 Å². The van der Waals surface area contributed by atoms with Crippen LogP contribution in [0, 0.1) is 0 Å². The SMILES string of the molecule is Nc1nc(Br)n(-c2nc3ccccc3s2)n1. The number of thiazole rings is 1. The summed E-state index contributed by atoms with van der Waals surface area (Å²) >= 11 is 4.83. The number of hydrogen-bond acceptors (Lipinski definition) is 5. The highest BCUT2D eigenvalue weighted by molar-refractivity contribution is 9.10. The topological polar surface area (TPSA) is 69.6 Å². The second-order valence-electron chi connectivity index (χ2n) is 3.12. The van der Waals surface area contributed by atoms with Gasteiger partial charge in [-0.05, 0) is 28.1 Å². The molecule has 5 nitrogen and oxygen atoms in total. The predicted octanol–water partition coefficient (Wildman–Crippen LogP) is 2.22. The van der Waals surface area contributed by atoms with Gasteiger partial charge in [0.1, 0.15) is 0 Å². The first-order valence-electron chi connectivity index (χ1n) is 4.48. The van der Waals surface area contributed by atoms with Crippen LogP contribution in [0.2, 0.25) is 0 Å². The minimum atomic E-state index is 0.228. The molecule has 1 aromatic carbocycles. The van der Waals surface area contributed by atoms with E-state index in [2.05, 4.69) is 31.0 Å². The van der Waals surface area contributed by atoms with E-state index in [1.807, 2.05) is 24.3 Å². The molecule has 0 bridgehead atoms. The average Bonchev–Trinajstić information content (AvgIpc) is 2.81. The van der Waals surface area contributed by atoms with Crippen molar-refractivity contribution in [3.8, 4) is 5.13 Å². The zero-order valence-corrected chi connectivity index (χ0v) is 10.4. The summed E-state index contributed by atoms with van der Waals surface area (Å²) in [5, 5.41) is 4.81. The third kappa shape index (κ3) is 1.48. The Morgan fingerprint density at radius 2 is 2.06 bits per heavy atom. The molecule has 0 unspecified atom stereocenters. The Morgan fingerprint density at radius 1 is 1.25 bits per heavy atom. The van der Waals surface area contributed by atoms with E-state index in [1.54, 1.807) is 16.0 Å². The number of anilines is 1. The molecule has 80 valence electrons. The fourth-order valence-corrected chi connectivity index (χ4v) is 2.85. The lowest BCUT2D eigenvalue weighted by molar-refractivity contribution is 0.853. The quantitative estimate of drug-likeness (QED) is 0.747. The second kappa shape index (κ2) is 3.53. The molecule has 3 rings (SSSR count). The largest absolute Gasteiger partial charge is 0.366 e. The van der Waals surface area contributed by atoms with Crippen molar-refractivity contribution in [3.05, 3.63) is 29.0 Å². The van der Waals surface area contributed by atoms with Crippen molar-refractivity contribution in [3.63, 3.8) is 0 Å². The normalized spacial score (nSPS) is 11.1. The van der Waals surface area contributed by atoms with Crippen LogP contribution in [0.15, 0.2) is 29.0 Å². The smallest absolute Gasteiger partial charge is 0.241 e. The van der Waals surface area contributed by atoms with E-state index in [9.17, 15) is 0 Å². The van der Waals surface area contributed by atoms with Gasteiger partial charge in [-0.2, -0.15) is 9.67 Å². The molecule has 7 heteroatoms. The van der Waals surface area contributed by atoms with Gasteiger partial charge in [-0.1, -0.05) is 23.5 Å². The summed E-state index contributed by atoms with van der Waals surface area (Å²) in [6.07, 6.45) is 0. The fourth-order valence-electron chi connectivity index (χ4n) is 1.38. The van der Waals surface area contributed by atoms with Crippen LogP contribution in [0.1, 0.15) is 0 Å². The lowest BCUT2D eigenvalue weighted by atomic mass is 10.3. The number of para-hydroxylation sites is 1. The maximum Gasteiger partial charge on any atom is 0.241 e. The fraction of sp³-hybridized carbons (Fsp3) is 0. The number of benzene rings is 1. The van der Waals surface area contributed by atoms with Gasteiger partial charge in [0.05, 0.1) is 10.2 Å². The lowest BCUT2D eigenvalue weighted by Crippen LogP contribution is -1.96. The summed E-state index contributed by atoms with van der Waals surface area (Å²) in [6.45, 7) is 0. The summed E-state index contributed by atoms with van der Waals surface area (Å²) in [5.41, 5.74) is 6.46. The molecular weight excluding hydrogens is 290 g/mol. The van der Waals surface area contributed by atoms with Crippen molar-refractivity contribution < 1.29 is 0 Å². The van der Waals surface area contributed by atoms with Gasteiger partial charge in [0, 0.05) is 0 Å². The zero-order valence-electron chi connectivity index (χ0n) is 7.96. The molecule has 0 radical (unpaired) electrons. The van der Waals surface area contributed by atoms with Crippen LogP contribution in [0.25, 0.3) is 15.3 Å². The molecule has 0 saturated heterocycles. The molecule has 3 aromatic rings. The molecule has 2 N–H and O–H groups in total. The van der Waals surface area contributed by atoms with Crippen molar-refractivity contribution in [1.82, 2.24) is 19.7 Å². The summed E-state index contributed by atoms with van der Waals surface area (Å²) in [6, 6.07) is 7.92. The minimum Gasteiger partial charge on any atom is -0.366 e. The third-order valence-electron chi connectivity index (χ3n) is 2.05. The highest BCUT2D eigenvalue weighted by atomic mass is 79.9. The Bertz CT molecular complexity index is 626. The van der Waals surface area contributed by atoms with Gasteiger partial charge in [0.15, 0.2) is 0 Å². The third-order valence-corrected chi connectivity index (χ3v) is 3.57. The first-order valence-corrected chi connectivity index (χ1v) is 6.09. The van der Waals surface area contributed by atoms with E-state index in [1.165, 1.54) is 0 Å². The first-order chi connectivity index (χ1) is 7.74. The van der Waals surface area contributed by atoms with E-state index < -0.39 is 0 Å². The van der Waals surface area contributed by atoms with E-state index in [0.717, 1.165) is 15.3 Å². The lowest BCUT2D eigenvalue weighted by Gasteiger charge is -1.92. The predicted molar refractivity (Wildman–Crippen MR) is 66.6 cm³/mol. The number of nitrogen functional groups attached to an aromatic ring is 1. The minimum absolute atomic E-state index is 0.228. The number of halogens is 1. The van der Waals surface area contributed by atoms with Crippen molar-refractivity contribution in [2.45, 2.75) is 0 Å². The number of aromatic nitrogens is 4. The zero-order chi connectivity index (χ0) is 11.1. The van der Waals surface area contributed by atoms with Gasteiger partial charge in [0.2, 0.25) is 15.8 Å². The molecular formula is C9H6BrN5S. The molecule has 0 aliphatic rings. The van der Waals surface area contributed by atoms with Crippen LogP contribution in [-0.4, -0.2) is 19.7 Å². The van der Waals surface area contributed by atoms with E-state index in [0.29, 0.717) is 4.73 Å². The molecule has 2 aromatic heterocycles. The molecule has 0 atom stereocenters. The van der Waals surface area contributed by atoms with Crippen LogP contribution < -0.4 is 5.73 Å². The van der Waals surface area contributed by atoms with E-state index >= 15 is 0 Å². The molecule has 0 aliphatic heterocycles. The van der Waals surface area contributed by atoms with Crippen LogP contribution in [0.5, 0.6) is 0 Å². The van der Waals surface area contributed by atoms with Gasteiger partial charge in [-0.3, -0.25) is 0 Å². The highest BCUT2D eigenvalue weighted by Gasteiger charge is 2.11. The Balaban J connectivity index is 2.22. The van der Waals surface area contributed by atoms with Crippen LogP contribution in [0.4, 0.5) is 5.95 Å². The summed E-state index contributed by atoms with van der Waals surface area (Å²) < 4.78 is 3.25. The number of rotatable bonds is 1. The summed E-state index contributed by atoms with van der Waals surface area (Å²) in [7, 11) is 0. The summed E-state index contributed by atoms with van der Waals surface area (Å²) in [5.74, 6) is 0.228. The Hall–Kier alpha value is -1.47. The molecule has 0 fully saturated rings. The van der Waals surface area contributed by atoms with Crippen LogP contribution >= 0.6 is 27.3 Å². The Kier molecular flexibility index (Phi) is 2.15. The van der Waals surface area contributed by atoms with Gasteiger partial charge >= 0.3 is 0 Å². The molecule has 0 spiro atoms. The van der Waals surface area contributed by atoms with Crippen LogP contribution in [0.3, 0.4) is 0 Å². The van der Waals surface area contributed by atoms with E-state index in [-0.39, 0.29) is 5.95 Å². The molecule has 0 amide bonds. The van der Waals surface area contributed by atoms with Gasteiger partial charge in [-0.15, -0.1) is 5.10 Å². The van der Waals surface area contributed by atoms with Crippen molar-refractivity contribution >= 4 is 43.4 Å². The Morgan fingerprint density at radius 3 is 2.75 bits per heavy atom. The Labute approximate surface area is 103 Å². The highest BCUT2D eigenvalue weighted by Crippen LogP contribution is 2.26. The number of hydrogen-bond donors (Lipinski definition) is 1. The first kappa shape index (κ1) is 9.73. The average molecular weight is 296 g/mol. The number of fused-ring (bicyclic) bond motifs is 1. The van der Waals surface area contributed by atoms with Gasteiger partial charge < -0.3 is 5.73 Å². The van der Waals surface area contributed by atoms with Gasteiger partial charge in [0.25, 0.3) is 0 Å². The van der Waals surface area contributed by atoms with Crippen LogP contribution in [-0.2, 0) is 0 Å².